The number of hydrogen-bond acceptors (Lipinski definition) is 5. The van der Waals surface area contributed by atoms with E-state index >= 15 is 0 Å². The number of rotatable bonds is 9. The molecule has 1 aliphatic carbocycles. The van der Waals surface area contributed by atoms with E-state index in [4.69, 9.17) is 9.47 Å². The molecular weight excluding hydrogens is 428 g/mol. The smallest absolute Gasteiger partial charge is 0.238 e. The second-order valence-electron chi connectivity index (χ2n) is 8.52. The van der Waals surface area contributed by atoms with Crippen LogP contribution in [0.4, 0.5) is 0 Å². The van der Waals surface area contributed by atoms with Gasteiger partial charge in [-0.2, -0.15) is 0 Å². The molecule has 8 heteroatoms. The van der Waals surface area contributed by atoms with E-state index in [1.807, 2.05) is 39.0 Å². The molecule has 0 aromatic heterocycles. The third-order valence-electron chi connectivity index (χ3n) is 5.60. The molecule has 1 amide bonds. The minimum Gasteiger partial charge on any atom is -0.493 e. The van der Waals surface area contributed by atoms with Gasteiger partial charge < -0.3 is 14.8 Å². The van der Waals surface area contributed by atoms with Gasteiger partial charge in [-0.15, -0.1) is 5.92 Å². The molecule has 0 aliphatic heterocycles. The molecule has 1 fully saturated rings. The molecular formula is C24H36N2O5S. The molecule has 0 radical (unpaired) electrons. The van der Waals surface area contributed by atoms with Crippen molar-refractivity contribution in [3.8, 4) is 23.3 Å². The normalized spacial score (nSPS) is 19.6. The van der Waals surface area contributed by atoms with Crippen molar-refractivity contribution in [3.63, 3.8) is 0 Å². The van der Waals surface area contributed by atoms with Crippen LogP contribution in [-0.4, -0.2) is 46.4 Å². The van der Waals surface area contributed by atoms with Crippen LogP contribution >= 0.6 is 0 Å². The average molecular weight is 465 g/mol. The van der Waals surface area contributed by atoms with Gasteiger partial charge in [-0.05, 0) is 36.5 Å². The third kappa shape index (κ3) is 7.72. The monoisotopic (exact) mass is 464 g/mol. The van der Waals surface area contributed by atoms with Crippen molar-refractivity contribution < 1.29 is 22.7 Å². The number of hydrogen-bond donors (Lipinski definition) is 2. The van der Waals surface area contributed by atoms with E-state index < -0.39 is 16.1 Å². The van der Waals surface area contributed by atoms with E-state index in [1.54, 1.807) is 7.11 Å². The zero-order chi connectivity index (χ0) is 23.7. The number of nitrogens with one attached hydrogen (secondary N) is 2. The van der Waals surface area contributed by atoms with Crippen LogP contribution in [0.5, 0.6) is 11.5 Å². The standard InChI is InChI=1S/C24H36N2O5S/c1-6-7-10-15-31-21-14-13-18(16-22(21)30-4)19-11-8-9-12-20(19)25-24(27)23(17(2)3)26-32(5,28)29/h13-14,16-17,19-20,23,26H,6,8-9,11-12,15H2,1-5H3,(H,25,27)/t19-,20+,23-/m0/s1. The number of carbonyl (C=O) groups is 1. The van der Waals surface area contributed by atoms with Crippen molar-refractivity contribution in [1.29, 1.82) is 0 Å². The van der Waals surface area contributed by atoms with E-state index in [9.17, 15) is 13.2 Å². The molecule has 0 saturated heterocycles. The molecule has 1 saturated carbocycles. The quantitative estimate of drug-likeness (QED) is 0.548. The summed E-state index contributed by atoms with van der Waals surface area (Å²) in [5, 5.41) is 3.12. The molecule has 3 atom stereocenters. The summed E-state index contributed by atoms with van der Waals surface area (Å²) in [5.74, 6) is 6.85. The first-order valence-electron chi connectivity index (χ1n) is 11.2. The Hall–Kier alpha value is -2.24. The van der Waals surface area contributed by atoms with Gasteiger partial charge in [0.2, 0.25) is 15.9 Å². The topological polar surface area (TPSA) is 93.7 Å². The van der Waals surface area contributed by atoms with Crippen molar-refractivity contribution >= 4 is 15.9 Å². The summed E-state index contributed by atoms with van der Waals surface area (Å²) in [6.07, 6.45) is 5.71. The molecule has 1 aromatic rings. The SMILES string of the molecule is CCC#CCOc1ccc([C@@H]2CCCC[C@H]2NC(=O)[C@@H](NS(C)(=O)=O)C(C)C)cc1OC. The lowest BCUT2D eigenvalue weighted by Crippen LogP contribution is -2.53. The Bertz CT molecular complexity index is 933. The van der Waals surface area contributed by atoms with Gasteiger partial charge in [-0.25, -0.2) is 13.1 Å². The number of carbonyl (C=O) groups excluding carboxylic acids is 1. The number of benzene rings is 1. The Morgan fingerprint density at radius 3 is 2.53 bits per heavy atom. The Kier molecular flexibility index (Phi) is 9.85. The number of ether oxygens (including phenoxy) is 2. The molecule has 2 rings (SSSR count). The van der Waals surface area contributed by atoms with Gasteiger partial charge in [-0.1, -0.05) is 45.6 Å². The zero-order valence-electron chi connectivity index (χ0n) is 19.7. The highest BCUT2D eigenvalue weighted by Crippen LogP contribution is 2.37. The highest BCUT2D eigenvalue weighted by atomic mass is 32.2. The molecule has 7 nitrogen and oxygen atoms in total. The van der Waals surface area contributed by atoms with Crippen LogP contribution in [0, 0.1) is 17.8 Å². The van der Waals surface area contributed by atoms with Gasteiger partial charge in [0.15, 0.2) is 11.5 Å². The molecule has 0 spiro atoms. The molecule has 0 heterocycles. The van der Waals surface area contributed by atoms with Crippen LogP contribution in [-0.2, 0) is 14.8 Å². The van der Waals surface area contributed by atoms with Gasteiger partial charge in [-0.3, -0.25) is 4.79 Å². The molecule has 0 unspecified atom stereocenters. The summed E-state index contributed by atoms with van der Waals surface area (Å²) < 4.78 is 37.2. The van der Waals surface area contributed by atoms with Crippen LogP contribution in [0.1, 0.15) is 64.4 Å². The second-order valence-corrected chi connectivity index (χ2v) is 10.3. The van der Waals surface area contributed by atoms with Crippen LogP contribution in [0.2, 0.25) is 0 Å². The van der Waals surface area contributed by atoms with Crippen LogP contribution in [0.15, 0.2) is 18.2 Å². The van der Waals surface area contributed by atoms with E-state index in [0.29, 0.717) is 18.1 Å². The van der Waals surface area contributed by atoms with Crippen molar-refractivity contribution in [2.24, 2.45) is 5.92 Å². The van der Waals surface area contributed by atoms with Gasteiger partial charge in [0.25, 0.3) is 0 Å². The Balaban J connectivity index is 2.19. The first kappa shape index (κ1) is 26.0. The fraction of sp³-hybridized carbons (Fsp3) is 0.625. The van der Waals surface area contributed by atoms with E-state index in [1.165, 1.54) is 0 Å². The summed E-state index contributed by atoms with van der Waals surface area (Å²) in [5.41, 5.74) is 1.07. The summed E-state index contributed by atoms with van der Waals surface area (Å²) in [4.78, 5) is 13.0. The molecule has 0 bridgehead atoms. The third-order valence-corrected chi connectivity index (χ3v) is 6.28. The van der Waals surface area contributed by atoms with Crippen LogP contribution in [0.3, 0.4) is 0 Å². The Labute approximate surface area is 192 Å². The summed E-state index contributed by atoms with van der Waals surface area (Å²) >= 11 is 0. The number of methoxy groups -OCH3 is 1. The van der Waals surface area contributed by atoms with E-state index in [2.05, 4.69) is 21.9 Å². The van der Waals surface area contributed by atoms with Gasteiger partial charge in [0.05, 0.1) is 13.4 Å². The number of amides is 1. The minimum atomic E-state index is -3.50. The molecule has 1 aliphatic rings. The average Bonchev–Trinajstić information content (AvgIpc) is 2.74. The first-order chi connectivity index (χ1) is 15.2. The Morgan fingerprint density at radius 1 is 1.19 bits per heavy atom. The summed E-state index contributed by atoms with van der Waals surface area (Å²) in [6, 6.07) is 4.98. The first-order valence-corrected chi connectivity index (χ1v) is 13.1. The Morgan fingerprint density at radius 2 is 1.91 bits per heavy atom. The minimum absolute atomic E-state index is 0.0780. The van der Waals surface area contributed by atoms with Gasteiger partial charge in [0, 0.05) is 18.4 Å². The lowest BCUT2D eigenvalue weighted by atomic mass is 9.79. The van der Waals surface area contributed by atoms with Gasteiger partial charge >= 0.3 is 0 Å². The maximum absolute atomic E-state index is 13.0. The predicted molar refractivity (Wildman–Crippen MR) is 126 cm³/mol. The van der Waals surface area contributed by atoms with Crippen molar-refractivity contribution in [3.05, 3.63) is 23.8 Å². The highest BCUT2D eigenvalue weighted by Gasteiger charge is 2.32. The zero-order valence-corrected chi connectivity index (χ0v) is 20.6. The van der Waals surface area contributed by atoms with Crippen molar-refractivity contribution in [1.82, 2.24) is 10.0 Å². The molecule has 32 heavy (non-hydrogen) atoms. The largest absolute Gasteiger partial charge is 0.493 e. The predicted octanol–water partition coefficient (Wildman–Crippen LogP) is 3.20. The lowest BCUT2D eigenvalue weighted by molar-refractivity contribution is -0.124. The summed E-state index contributed by atoms with van der Waals surface area (Å²) in [6.45, 7) is 5.95. The lowest BCUT2D eigenvalue weighted by Gasteiger charge is -2.34. The van der Waals surface area contributed by atoms with Crippen molar-refractivity contribution in [2.75, 3.05) is 20.0 Å². The maximum atomic E-state index is 13.0. The van der Waals surface area contributed by atoms with Crippen molar-refractivity contribution in [2.45, 2.75) is 70.9 Å². The fourth-order valence-corrected chi connectivity index (χ4v) is 4.86. The highest BCUT2D eigenvalue weighted by molar-refractivity contribution is 7.88. The maximum Gasteiger partial charge on any atom is 0.238 e. The number of sulfonamides is 1. The van der Waals surface area contributed by atoms with E-state index in [-0.39, 0.29) is 23.8 Å². The van der Waals surface area contributed by atoms with Crippen LogP contribution in [0.25, 0.3) is 0 Å². The fourth-order valence-electron chi connectivity index (χ4n) is 4.02. The molecule has 2 N–H and O–H groups in total. The molecule has 178 valence electrons. The molecule has 1 aromatic carbocycles. The van der Waals surface area contributed by atoms with E-state index in [0.717, 1.165) is 43.9 Å². The van der Waals surface area contributed by atoms with Gasteiger partial charge in [0.1, 0.15) is 12.6 Å². The van der Waals surface area contributed by atoms with Crippen LogP contribution < -0.4 is 19.5 Å². The summed E-state index contributed by atoms with van der Waals surface area (Å²) in [7, 11) is -1.89. The second kappa shape index (κ2) is 12.1.